The van der Waals surface area contributed by atoms with Gasteiger partial charge in [-0.3, -0.25) is 0 Å². The molecule has 0 saturated heterocycles. The number of nitrogens with zero attached hydrogens (tertiary/aromatic N) is 2. The molecule has 22 heavy (non-hydrogen) atoms. The normalized spacial score (nSPS) is 10.9. The number of benzene rings is 4. The Hall–Kier alpha value is -3.00. The molecule has 0 amide bonds. The molecule has 0 aromatic heterocycles. The maximum Gasteiger partial charge on any atom is 0.207 e. The Labute approximate surface area is 128 Å². The van der Waals surface area contributed by atoms with Gasteiger partial charge in [-0.25, -0.2) is 4.70 Å². The van der Waals surface area contributed by atoms with Crippen molar-refractivity contribution >= 4 is 32.9 Å². The van der Waals surface area contributed by atoms with Crippen molar-refractivity contribution in [3.8, 4) is 0 Å². The Morgan fingerprint density at radius 2 is 0.909 bits per heavy atom. The zero-order valence-electron chi connectivity index (χ0n) is 12.0. The van der Waals surface area contributed by atoms with E-state index in [-0.39, 0.29) is 0 Å². The molecule has 0 aliphatic carbocycles. The highest BCUT2D eigenvalue weighted by atomic mass is 15.2. The fourth-order valence-corrected chi connectivity index (χ4v) is 2.92. The first-order valence-corrected chi connectivity index (χ1v) is 7.29. The van der Waals surface area contributed by atoms with Crippen LogP contribution in [-0.2, 0) is 0 Å². The van der Waals surface area contributed by atoms with E-state index in [1.165, 1.54) is 4.70 Å². The molecule has 0 heterocycles. The van der Waals surface area contributed by atoms with Gasteiger partial charge in [-0.1, -0.05) is 60.7 Å². The molecule has 0 fully saturated rings. The van der Waals surface area contributed by atoms with Gasteiger partial charge in [-0.05, 0) is 22.9 Å². The summed E-state index contributed by atoms with van der Waals surface area (Å²) in [5.74, 6) is 0. The van der Waals surface area contributed by atoms with Gasteiger partial charge in [0.05, 0.1) is 10.8 Å². The van der Waals surface area contributed by atoms with Gasteiger partial charge in [0.25, 0.3) is 0 Å². The molecule has 0 spiro atoms. The zero-order valence-corrected chi connectivity index (χ0v) is 12.0. The van der Waals surface area contributed by atoms with Gasteiger partial charge in [0.1, 0.15) is 0 Å². The third kappa shape index (κ3) is 1.97. The predicted molar refractivity (Wildman–Crippen MR) is 92.7 cm³/mol. The van der Waals surface area contributed by atoms with Gasteiger partial charge in [0.15, 0.2) is 0 Å². The van der Waals surface area contributed by atoms with Crippen LogP contribution in [0.4, 0.5) is 11.4 Å². The Morgan fingerprint density at radius 1 is 0.500 bits per heavy atom. The van der Waals surface area contributed by atoms with Gasteiger partial charge < -0.3 is 5.53 Å². The summed E-state index contributed by atoms with van der Waals surface area (Å²) >= 11 is 0. The fourth-order valence-electron chi connectivity index (χ4n) is 2.92. The molecule has 0 aliphatic heterocycles. The van der Waals surface area contributed by atoms with E-state index in [2.05, 4.69) is 24.3 Å². The van der Waals surface area contributed by atoms with Crippen molar-refractivity contribution < 1.29 is 0 Å². The number of hydrogen-bond donors (Lipinski definition) is 0. The quantitative estimate of drug-likeness (QED) is 0.325. The van der Waals surface area contributed by atoms with Gasteiger partial charge in [-0.2, -0.15) is 0 Å². The van der Waals surface area contributed by atoms with Crippen LogP contribution < -0.4 is 4.70 Å². The van der Waals surface area contributed by atoms with E-state index >= 15 is 0 Å². The molecule has 4 aromatic carbocycles. The van der Waals surface area contributed by atoms with Crippen LogP contribution in [0, 0.1) is 0 Å². The highest BCUT2D eigenvalue weighted by molar-refractivity contribution is 5.97. The highest BCUT2D eigenvalue weighted by Gasteiger charge is 2.13. The van der Waals surface area contributed by atoms with Crippen molar-refractivity contribution in [1.29, 1.82) is 0 Å². The molecular formula is C20H14N2. The van der Waals surface area contributed by atoms with E-state index in [0.29, 0.717) is 0 Å². The summed E-state index contributed by atoms with van der Waals surface area (Å²) in [4.78, 5) is 0. The van der Waals surface area contributed by atoms with Crippen LogP contribution in [0.2, 0.25) is 0 Å². The van der Waals surface area contributed by atoms with E-state index in [0.717, 1.165) is 32.9 Å². The lowest BCUT2D eigenvalue weighted by atomic mass is 10.1. The Balaban J connectivity index is 1.97. The van der Waals surface area contributed by atoms with E-state index in [1.54, 1.807) is 0 Å². The van der Waals surface area contributed by atoms with Gasteiger partial charge >= 0.3 is 0 Å². The van der Waals surface area contributed by atoms with Crippen molar-refractivity contribution in [3.05, 3.63) is 90.5 Å². The minimum atomic E-state index is 0.787. The van der Waals surface area contributed by atoms with Crippen molar-refractivity contribution in [2.24, 2.45) is 0 Å². The average Bonchev–Trinajstić information content (AvgIpc) is 2.60. The van der Waals surface area contributed by atoms with Crippen LogP contribution >= 0.6 is 0 Å². The summed E-state index contributed by atoms with van der Waals surface area (Å²) in [6, 6.07) is 28.0. The number of rotatable bonds is 2. The first-order chi connectivity index (χ1) is 10.8. The summed E-state index contributed by atoms with van der Waals surface area (Å²) < 4.78 is 1.28. The van der Waals surface area contributed by atoms with E-state index < -0.39 is 0 Å². The molecule has 0 bridgehead atoms. The number of hydrogen-bond acceptors (Lipinski definition) is 0. The molecule has 4 rings (SSSR count). The molecule has 0 N–H and O–H groups in total. The lowest BCUT2D eigenvalue weighted by molar-refractivity contribution is 1.08. The van der Waals surface area contributed by atoms with Gasteiger partial charge in [0, 0.05) is 12.1 Å². The summed E-state index contributed by atoms with van der Waals surface area (Å²) in [6.45, 7) is 0. The van der Waals surface area contributed by atoms with Crippen molar-refractivity contribution in [1.82, 2.24) is 4.70 Å². The SMILES string of the molecule is [N-]=[N+](c1cccc2ccccc12)c1cccc2ccccc12. The van der Waals surface area contributed by atoms with Crippen molar-refractivity contribution in [2.75, 3.05) is 0 Å². The van der Waals surface area contributed by atoms with E-state index in [4.69, 9.17) is 0 Å². The Kier molecular flexibility index (Phi) is 2.94. The summed E-state index contributed by atoms with van der Waals surface area (Å²) in [5, 5.41) is 4.28. The van der Waals surface area contributed by atoms with Crippen molar-refractivity contribution in [2.45, 2.75) is 0 Å². The zero-order chi connectivity index (χ0) is 14.9. The van der Waals surface area contributed by atoms with E-state index in [9.17, 15) is 5.53 Å². The monoisotopic (exact) mass is 282 g/mol. The van der Waals surface area contributed by atoms with Gasteiger partial charge in [0.2, 0.25) is 11.4 Å². The molecular weight excluding hydrogens is 268 g/mol. The maximum atomic E-state index is 10.8. The molecule has 2 heteroatoms. The van der Waals surface area contributed by atoms with Crippen molar-refractivity contribution in [3.63, 3.8) is 0 Å². The molecule has 0 radical (unpaired) electrons. The van der Waals surface area contributed by atoms with Crippen LogP contribution in [0.3, 0.4) is 0 Å². The molecule has 0 unspecified atom stereocenters. The van der Waals surface area contributed by atoms with Crippen LogP contribution in [0.1, 0.15) is 0 Å². The molecule has 0 aliphatic rings. The smallest absolute Gasteiger partial charge is 0.207 e. The predicted octanol–water partition coefficient (Wildman–Crippen LogP) is 5.85. The standard InChI is InChI=1S/C20H14N2/c21-22(19-13-5-9-15-7-1-3-11-17(15)19)20-14-6-10-16-8-2-4-12-18(16)20/h1-14H. The van der Waals surface area contributed by atoms with Crippen LogP contribution in [0.25, 0.3) is 27.1 Å². The summed E-state index contributed by atoms with van der Waals surface area (Å²) in [7, 11) is 0. The summed E-state index contributed by atoms with van der Waals surface area (Å²) in [5.41, 5.74) is 12.4. The fraction of sp³-hybridized carbons (Fsp3) is 0. The second-order valence-electron chi connectivity index (χ2n) is 5.31. The molecule has 0 atom stereocenters. The summed E-state index contributed by atoms with van der Waals surface area (Å²) in [6.07, 6.45) is 0. The Bertz CT molecular complexity index is 911. The minimum Gasteiger partial charge on any atom is -0.493 e. The molecule has 4 aromatic rings. The largest absolute Gasteiger partial charge is 0.493 e. The lowest BCUT2D eigenvalue weighted by Gasteiger charge is -2.10. The molecule has 104 valence electrons. The van der Waals surface area contributed by atoms with E-state index in [1.807, 2.05) is 60.7 Å². The van der Waals surface area contributed by atoms with Gasteiger partial charge in [-0.15, -0.1) is 0 Å². The van der Waals surface area contributed by atoms with Crippen LogP contribution in [0.15, 0.2) is 84.9 Å². The highest BCUT2D eigenvalue weighted by Crippen LogP contribution is 2.32. The second-order valence-corrected chi connectivity index (χ2v) is 5.31. The number of fused-ring (bicyclic) bond motifs is 2. The Morgan fingerprint density at radius 3 is 1.41 bits per heavy atom. The topological polar surface area (TPSA) is 25.3 Å². The second kappa shape index (κ2) is 5.08. The minimum absolute atomic E-state index is 0.787. The maximum absolute atomic E-state index is 10.8. The average molecular weight is 282 g/mol. The first-order valence-electron chi connectivity index (χ1n) is 7.29. The first kappa shape index (κ1) is 12.7. The van der Waals surface area contributed by atoms with Crippen LogP contribution in [-0.4, -0.2) is 0 Å². The lowest BCUT2D eigenvalue weighted by Crippen LogP contribution is -1.98. The third-order valence-electron chi connectivity index (χ3n) is 3.99. The molecule has 0 saturated carbocycles. The third-order valence-corrected chi connectivity index (χ3v) is 3.99. The molecule has 2 nitrogen and oxygen atoms in total. The van der Waals surface area contributed by atoms with Crippen LogP contribution in [0.5, 0.6) is 0 Å².